The fourth-order valence-electron chi connectivity index (χ4n) is 1.17. The van der Waals surface area contributed by atoms with E-state index < -0.39 is 0 Å². The van der Waals surface area contributed by atoms with Crippen molar-refractivity contribution in [3.63, 3.8) is 0 Å². The molecule has 2 nitrogen and oxygen atoms in total. The normalized spacial score (nSPS) is 10.9. The maximum atomic E-state index is 4.17. The van der Waals surface area contributed by atoms with E-state index in [0.29, 0.717) is 0 Å². The van der Waals surface area contributed by atoms with Crippen molar-refractivity contribution in [2.24, 2.45) is 10.2 Å². The molecule has 2 aromatic carbocycles. The summed E-state index contributed by atoms with van der Waals surface area (Å²) in [5.41, 5.74) is 1.66. The van der Waals surface area contributed by atoms with Gasteiger partial charge in [0.05, 0.1) is 11.4 Å². The molecule has 0 atom stereocenters. The molecule has 0 bridgehead atoms. The third-order valence-electron chi connectivity index (χ3n) is 1.94. The minimum atomic E-state index is 0.812. The minimum absolute atomic E-state index is 0.812. The van der Waals surface area contributed by atoms with Crippen LogP contribution in [-0.2, 0) is 0 Å². The maximum absolute atomic E-state index is 4.17. The van der Waals surface area contributed by atoms with Crippen LogP contribution in [0.5, 0.6) is 0 Å². The SMILES string of the molecule is Brc1ccc(/N=N/c2ccccc2)c(Br)c1. The third kappa shape index (κ3) is 3.00. The summed E-state index contributed by atoms with van der Waals surface area (Å²) in [5, 5.41) is 8.32. The molecule has 0 N–H and O–H groups in total. The van der Waals surface area contributed by atoms with E-state index in [0.717, 1.165) is 20.3 Å². The molecule has 0 unspecified atom stereocenters. The van der Waals surface area contributed by atoms with Gasteiger partial charge in [-0.2, -0.15) is 5.11 Å². The Morgan fingerprint density at radius 3 is 2.25 bits per heavy atom. The summed E-state index contributed by atoms with van der Waals surface area (Å²) in [7, 11) is 0. The molecule has 0 aromatic heterocycles. The summed E-state index contributed by atoms with van der Waals surface area (Å²) >= 11 is 6.83. The average molecular weight is 340 g/mol. The molecule has 0 saturated heterocycles. The summed E-state index contributed by atoms with van der Waals surface area (Å²) < 4.78 is 1.93. The minimum Gasteiger partial charge on any atom is -0.151 e. The lowest BCUT2D eigenvalue weighted by atomic mass is 10.3. The second-order valence-electron chi connectivity index (χ2n) is 3.13. The topological polar surface area (TPSA) is 24.7 Å². The van der Waals surface area contributed by atoms with Crippen molar-refractivity contribution in [2.75, 3.05) is 0 Å². The van der Waals surface area contributed by atoms with Crippen LogP contribution >= 0.6 is 31.9 Å². The Morgan fingerprint density at radius 1 is 0.812 bits per heavy atom. The first-order valence-corrected chi connectivity index (χ1v) is 6.26. The number of rotatable bonds is 2. The molecular weight excluding hydrogens is 332 g/mol. The van der Waals surface area contributed by atoms with Gasteiger partial charge in [-0.3, -0.25) is 0 Å². The van der Waals surface area contributed by atoms with Gasteiger partial charge in [-0.15, -0.1) is 5.11 Å². The number of azo groups is 1. The number of benzene rings is 2. The lowest BCUT2D eigenvalue weighted by Crippen LogP contribution is -1.69. The summed E-state index contributed by atoms with van der Waals surface area (Å²) in [4.78, 5) is 0. The number of hydrogen-bond acceptors (Lipinski definition) is 2. The molecule has 2 rings (SSSR count). The molecule has 0 fully saturated rings. The van der Waals surface area contributed by atoms with Gasteiger partial charge in [0.1, 0.15) is 0 Å². The van der Waals surface area contributed by atoms with E-state index in [4.69, 9.17) is 0 Å². The highest BCUT2D eigenvalue weighted by Gasteiger charge is 1.98. The summed E-state index contributed by atoms with van der Waals surface area (Å²) in [6.45, 7) is 0. The molecule has 0 aliphatic rings. The highest BCUT2D eigenvalue weighted by atomic mass is 79.9. The Labute approximate surface area is 111 Å². The second-order valence-corrected chi connectivity index (χ2v) is 4.90. The number of nitrogens with zero attached hydrogens (tertiary/aromatic N) is 2. The van der Waals surface area contributed by atoms with Crippen molar-refractivity contribution >= 4 is 43.2 Å². The molecule has 80 valence electrons. The van der Waals surface area contributed by atoms with Crippen LogP contribution in [0.15, 0.2) is 67.7 Å². The van der Waals surface area contributed by atoms with Gasteiger partial charge in [0.15, 0.2) is 0 Å². The predicted molar refractivity (Wildman–Crippen MR) is 72.5 cm³/mol. The Morgan fingerprint density at radius 2 is 1.56 bits per heavy atom. The van der Waals surface area contributed by atoms with Crippen LogP contribution in [0.4, 0.5) is 11.4 Å². The van der Waals surface area contributed by atoms with Crippen molar-refractivity contribution in [3.05, 3.63) is 57.5 Å². The summed E-state index contributed by atoms with van der Waals surface area (Å²) in [5.74, 6) is 0. The maximum Gasteiger partial charge on any atom is 0.0999 e. The third-order valence-corrected chi connectivity index (χ3v) is 3.07. The Kier molecular flexibility index (Phi) is 3.85. The molecule has 0 spiro atoms. The highest BCUT2D eigenvalue weighted by Crippen LogP contribution is 2.29. The molecule has 16 heavy (non-hydrogen) atoms. The van der Waals surface area contributed by atoms with E-state index in [9.17, 15) is 0 Å². The van der Waals surface area contributed by atoms with E-state index in [-0.39, 0.29) is 0 Å². The first kappa shape index (κ1) is 11.5. The molecule has 0 radical (unpaired) electrons. The Hall–Kier alpha value is -1.00. The summed E-state index contributed by atoms with van der Waals surface area (Å²) in [6.07, 6.45) is 0. The molecule has 2 aromatic rings. The van der Waals surface area contributed by atoms with E-state index in [1.165, 1.54) is 0 Å². The monoisotopic (exact) mass is 338 g/mol. The molecule has 0 heterocycles. The van der Waals surface area contributed by atoms with Crippen LogP contribution in [0.25, 0.3) is 0 Å². The molecule has 0 aliphatic carbocycles. The predicted octanol–water partition coefficient (Wildman–Crippen LogP) is 5.63. The second kappa shape index (κ2) is 5.37. The molecule has 4 heteroatoms. The molecule has 0 amide bonds. The number of halogens is 2. The van der Waals surface area contributed by atoms with Crippen LogP contribution in [0.1, 0.15) is 0 Å². The van der Waals surface area contributed by atoms with Crippen molar-refractivity contribution in [1.29, 1.82) is 0 Å². The molecule has 0 saturated carbocycles. The van der Waals surface area contributed by atoms with E-state index >= 15 is 0 Å². The zero-order valence-corrected chi connectivity index (χ0v) is 11.4. The molecule has 0 aliphatic heterocycles. The highest BCUT2D eigenvalue weighted by molar-refractivity contribution is 9.11. The average Bonchev–Trinajstić information content (AvgIpc) is 2.29. The lowest BCUT2D eigenvalue weighted by Gasteiger charge is -1.97. The van der Waals surface area contributed by atoms with Gasteiger partial charge in [0.25, 0.3) is 0 Å². The van der Waals surface area contributed by atoms with Crippen LogP contribution < -0.4 is 0 Å². The quantitative estimate of drug-likeness (QED) is 0.634. The number of hydrogen-bond donors (Lipinski definition) is 0. The van der Waals surface area contributed by atoms with Gasteiger partial charge in [0.2, 0.25) is 0 Å². The smallest absolute Gasteiger partial charge is 0.0999 e. The van der Waals surface area contributed by atoms with Crippen molar-refractivity contribution in [3.8, 4) is 0 Å². The Balaban J connectivity index is 2.24. The Bertz CT molecular complexity index is 510. The molecular formula is C12H8Br2N2. The largest absolute Gasteiger partial charge is 0.151 e. The van der Waals surface area contributed by atoms with Crippen LogP contribution in [0.3, 0.4) is 0 Å². The van der Waals surface area contributed by atoms with Crippen molar-refractivity contribution in [1.82, 2.24) is 0 Å². The van der Waals surface area contributed by atoms with Crippen LogP contribution in [0, 0.1) is 0 Å². The lowest BCUT2D eigenvalue weighted by molar-refractivity contribution is 1.22. The zero-order chi connectivity index (χ0) is 11.4. The van der Waals surface area contributed by atoms with Crippen molar-refractivity contribution < 1.29 is 0 Å². The van der Waals surface area contributed by atoms with E-state index in [1.807, 2.05) is 48.5 Å². The fourth-order valence-corrected chi connectivity index (χ4v) is 2.29. The first-order chi connectivity index (χ1) is 7.75. The van der Waals surface area contributed by atoms with Gasteiger partial charge < -0.3 is 0 Å². The van der Waals surface area contributed by atoms with Gasteiger partial charge in [0, 0.05) is 8.95 Å². The fraction of sp³-hybridized carbons (Fsp3) is 0. The first-order valence-electron chi connectivity index (χ1n) is 4.67. The van der Waals surface area contributed by atoms with Gasteiger partial charge >= 0.3 is 0 Å². The standard InChI is InChI=1S/C12H8Br2N2/c13-9-6-7-12(11(14)8-9)16-15-10-4-2-1-3-5-10/h1-8H/b16-15+. The van der Waals surface area contributed by atoms with Gasteiger partial charge in [-0.25, -0.2) is 0 Å². The van der Waals surface area contributed by atoms with Crippen LogP contribution in [-0.4, -0.2) is 0 Å². The zero-order valence-electron chi connectivity index (χ0n) is 8.27. The van der Waals surface area contributed by atoms with Crippen LogP contribution in [0.2, 0.25) is 0 Å². The van der Waals surface area contributed by atoms with Gasteiger partial charge in [-0.05, 0) is 46.3 Å². The summed E-state index contributed by atoms with van der Waals surface area (Å²) in [6, 6.07) is 15.4. The van der Waals surface area contributed by atoms with E-state index in [1.54, 1.807) is 0 Å². The van der Waals surface area contributed by atoms with Crippen molar-refractivity contribution in [2.45, 2.75) is 0 Å². The van der Waals surface area contributed by atoms with Gasteiger partial charge in [-0.1, -0.05) is 34.1 Å². The van der Waals surface area contributed by atoms with E-state index in [2.05, 4.69) is 42.1 Å².